The van der Waals surface area contributed by atoms with Crippen LogP contribution in [0.5, 0.6) is 5.75 Å². The molecule has 12 heavy (non-hydrogen) atoms. The van der Waals surface area contributed by atoms with Gasteiger partial charge in [-0.2, -0.15) is 0 Å². The van der Waals surface area contributed by atoms with Crippen LogP contribution in [0.15, 0.2) is 18.2 Å². The Morgan fingerprint density at radius 3 is 3.00 bits per heavy atom. The van der Waals surface area contributed by atoms with Gasteiger partial charge in [0.1, 0.15) is 17.7 Å². The van der Waals surface area contributed by atoms with Gasteiger partial charge in [0.15, 0.2) is 0 Å². The first-order valence-electron chi connectivity index (χ1n) is 3.84. The molecule has 0 fully saturated rings. The Morgan fingerprint density at radius 2 is 2.25 bits per heavy atom. The molecule has 1 aromatic carbocycles. The standard InChI is InChI=1S/C9H8F2O/c10-6-2-1-3-8-9(6)7(11)4-5-12-8/h1-3,7H,4-5H2. The molecule has 1 heterocycles. The Bertz CT molecular complexity index is 299. The molecule has 0 amide bonds. The summed E-state index contributed by atoms with van der Waals surface area (Å²) in [5.41, 5.74) is 0.0729. The van der Waals surface area contributed by atoms with Crippen molar-refractivity contribution in [2.45, 2.75) is 12.6 Å². The van der Waals surface area contributed by atoms with E-state index in [2.05, 4.69) is 0 Å². The second kappa shape index (κ2) is 2.73. The fourth-order valence-corrected chi connectivity index (χ4v) is 1.36. The van der Waals surface area contributed by atoms with Gasteiger partial charge < -0.3 is 4.74 Å². The topological polar surface area (TPSA) is 9.23 Å². The van der Waals surface area contributed by atoms with E-state index >= 15 is 0 Å². The maximum Gasteiger partial charge on any atom is 0.135 e. The highest BCUT2D eigenvalue weighted by molar-refractivity contribution is 5.37. The molecule has 0 aliphatic carbocycles. The molecule has 0 radical (unpaired) electrons. The van der Waals surface area contributed by atoms with Gasteiger partial charge in [-0.3, -0.25) is 0 Å². The summed E-state index contributed by atoms with van der Waals surface area (Å²) < 4.78 is 31.2. The number of hydrogen-bond acceptors (Lipinski definition) is 1. The normalized spacial score (nSPS) is 21.3. The zero-order valence-electron chi connectivity index (χ0n) is 6.39. The third-order valence-electron chi connectivity index (χ3n) is 1.96. The maximum absolute atomic E-state index is 13.1. The molecule has 3 heteroatoms. The third kappa shape index (κ3) is 1.05. The Balaban J connectivity index is 2.53. The lowest BCUT2D eigenvalue weighted by Gasteiger charge is -2.20. The molecule has 0 spiro atoms. The molecule has 0 bridgehead atoms. The lowest BCUT2D eigenvalue weighted by Crippen LogP contribution is -2.12. The van der Waals surface area contributed by atoms with Crippen molar-refractivity contribution in [3.63, 3.8) is 0 Å². The monoisotopic (exact) mass is 170 g/mol. The number of alkyl halides is 1. The molecule has 2 rings (SSSR count). The maximum atomic E-state index is 13.1. The van der Waals surface area contributed by atoms with Crippen LogP contribution in [-0.2, 0) is 0 Å². The second-order valence-electron chi connectivity index (χ2n) is 2.76. The SMILES string of the molecule is Fc1cccc2c1C(F)CCO2. The van der Waals surface area contributed by atoms with Crippen molar-refractivity contribution >= 4 is 0 Å². The molecular formula is C9H8F2O. The van der Waals surface area contributed by atoms with Crippen molar-refractivity contribution in [2.75, 3.05) is 6.61 Å². The van der Waals surface area contributed by atoms with Crippen molar-refractivity contribution in [2.24, 2.45) is 0 Å². The van der Waals surface area contributed by atoms with Crippen LogP contribution in [0.4, 0.5) is 8.78 Å². The van der Waals surface area contributed by atoms with Crippen molar-refractivity contribution in [3.05, 3.63) is 29.6 Å². The minimum Gasteiger partial charge on any atom is -0.493 e. The molecule has 0 saturated carbocycles. The number of fused-ring (bicyclic) bond motifs is 1. The summed E-state index contributed by atoms with van der Waals surface area (Å²) in [4.78, 5) is 0. The van der Waals surface area contributed by atoms with E-state index in [1.165, 1.54) is 12.1 Å². The summed E-state index contributed by atoms with van der Waals surface area (Å²) in [6, 6.07) is 4.36. The average Bonchev–Trinajstić information content (AvgIpc) is 2.04. The second-order valence-corrected chi connectivity index (χ2v) is 2.76. The van der Waals surface area contributed by atoms with E-state index in [1.807, 2.05) is 0 Å². The molecule has 0 saturated heterocycles. The van der Waals surface area contributed by atoms with Gasteiger partial charge >= 0.3 is 0 Å². The van der Waals surface area contributed by atoms with Crippen LogP contribution in [0.1, 0.15) is 18.2 Å². The fourth-order valence-electron chi connectivity index (χ4n) is 1.36. The number of rotatable bonds is 0. The van der Waals surface area contributed by atoms with E-state index in [4.69, 9.17) is 4.74 Å². The van der Waals surface area contributed by atoms with Crippen LogP contribution in [0.25, 0.3) is 0 Å². The summed E-state index contributed by atoms with van der Waals surface area (Å²) in [5, 5.41) is 0. The van der Waals surface area contributed by atoms with Crippen LogP contribution in [0, 0.1) is 5.82 Å². The molecule has 1 atom stereocenters. The first-order valence-corrected chi connectivity index (χ1v) is 3.84. The van der Waals surface area contributed by atoms with E-state index in [0.717, 1.165) is 0 Å². The lowest BCUT2D eigenvalue weighted by molar-refractivity contribution is 0.194. The van der Waals surface area contributed by atoms with Gasteiger partial charge in [0.2, 0.25) is 0 Å². The van der Waals surface area contributed by atoms with Crippen molar-refractivity contribution in [1.82, 2.24) is 0 Å². The highest BCUT2D eigenvalue weighted by atomic mass is 19.1. The summed E-state index contributed by atoms with van der Waals surface area (Å²) in [6.45, 7) is 0.331. The number of benzene rings is 1. The molecule has 0 N–H and O–H groups in total. The Labute approximate surface area is 69.0 Å². The van der Waals surface area contributed by atoms with Gasteiger partial charge in [-0.25, -0.2) is 8.78 Å². The molecule has 64 valence electrons. The van der Waals surface area contributed by atoms with Gasteiger partial charge in [0, 0.05) is 6.42 Å². The fraction of sp³-hybridized carbons (Fsp3) is 0.333. The lowest BCUT2D eigenvalue weighted by atomic mass is 10.0. The van der Waals surface area contributed by atoms with E-state index in [9.17, 15) is 8.78 Å². The molecule has 0 aromatic heterocycles. The zero-order valence-corrected chi connectivity index (χ0v) is 6.39. The summed E-state index contributed by atoms with van der Waals surface area (Å²) in [6.07, 6.45) is -0.969. The van der Waals surface area contributed by atoms with Gasteiger partial charge in [-0.15, -0.1) is 0 Å². The number of halogens is 2. The molecule has 1 unspecified atom stereocenters. The molecule has 1 aliphatic heterocycles. The average molecular weight is 170 g/mol. The minimum atomic E-state index is -1.21. The van der Waals surface area contributed by atoms with Crippen molar-refractivity contribution in [3.8, 4) is 5.75 Å². The largest absolute Gasteiger partial charge is 0.493 e. The van der Waals surface area contributed by atoms with Crippen LogP contribution < -0.4 is 4.74 Å². The van der Waals surface area contributed by atoms with Crippen LogP contribution in [-0.4, -0.2) is 6.61 Å². The first-order chi connectivity index (χ1) is 5.79. The smallest absolute Gasteiger partial charge is 0.135 e. The van der Waals surface area contributed by atoms with E-state index in [-0.39, 0.29) is 12.0 Å². The number of ether oxygens (including phenoxy) is 1. The van der Waals surface area contributed by atoms with Crippen LogP contribution in [0.2, 0.25) is 0 Å². The molecule has 1 aromatic rings. The number of hydrogen-bond donors (Lipinski definition) is 0. The summed E-state index contributed by atoms with van der Waals surface area (Å²) >= 11 is 0. The van der Waals surface area contributed by atoms with E-state index < -0.39 is 12.0 Å². The quantitative estimate of drug-likeness (QED) is 0.581. The Kier molecular flexibility index (Phi) is 1.71. The highest BCUT2D eigenvalue weighted by Crippen LogP contribution is 2.35. The van der Waals surface area contributed by atoms with E-state index in [1.54, 1.807) is 6.07 Å². The van der Waals surface area contributed by atoms with Gasteiger partial charge in [0.25, 0.3) is 0 Å². The molecule has 1 aliphatic rings. The summed E-state index contributed by atoms with van der Waals surface area (Å²) in [5.74, 6) is -0.173. The predicted molar refractivity (Wildman–Crippen MR) is 40.4 cm³/mol. The predicted octanol–water partition coefficient (Wildman–Crippen LogP) is 2.62. The Morgan fingerprint density at radius 1 is 1.42 bits per heavy atom. The highest BCUT2D eigenvalue weighted by Gasteiger charge is 2.23. The summed E-state index contributed by atoms with van der Waals surface area (Å²) in [7, 11) is 0. The van der Waals surface area contributed by atoms with Crippen LogP contribution >= 0.6 is 0 Å². The minimum absolute atomic E-state index is 0.0729. The van der Waals surface area contributed by atoms with Crippen molar-refractivity contribution < 1.29 is 13.5 Å². The molecule has 1 nitrogen and oxygen atoms in total. The van der Waals surface area contributed by atoms with E-state index in [0.29, 0.717) is 12.4 Å². The Hall–Kier alpha value is -1.12. The third-order valence-corrected chi connectivity index (χ3v) is 1.96. The molecular weight excluding hydrogens is 162 g/mol. The van der Waals surface area contributed by atoms with Gasteiger partial charge in [-0.05, 0) is 12.1 Å². The van der Waals surface area contributed by atoms with Gasteiger partial charge in [-0.1, -0.05) is 6.07 Å². The van der Waals surface area contributed by atoms with Crippen molar-refractivity contribution in [1.29, 1.82) is 0 Å². The first kappa shape index (κ1) is 7.53. The van der Waals surface area contributed by atoms with Crippen LogP contribution in [0.3, 0.4) is 0 Å². The van der Waals surface area contributed by atoms with Gasteiger partial charge in [0.05, 0.1) is 12.2 Å². The zero-order chi connectivity index (χ0) is 8.55.